The molecule has 2 amide bonds. The molecule has 2 aliphatic rings. The fraction of sp³-hybridized carbons (Fsp3) is 0.409. The molecule has 3 heterocycles. The van der Waals surface area contributed by atoms with Crippen LogP contribution in [0.1, 0.15) is 39.7 Å². The average Bonchev–Trinajstić information content (AvgIpc) is 2.63. The van der Waals surface area contributed by atoms with Crippen molar-refractivity contribution in [1.29, 1.82) is 0 Å². The summed E-state index contributed by atoms with van der Waals surface area (Å²) in [6.45, 7) is 7.01. The zero-order valence-electron chi connectivity index (χ0n) is 17.3. The first-order valence-electron chi connectivity index (χ1n) is 9.96. The number of benzene rings is 1. The molecule has 8 heteroatoms. The molecular weight excluding hydrogens is 406 g/mol. The van der Waals surface area contributed by atoms with Gasteiger partial charge in [-0.2, -0.15) is 0 Å². The molecule has 0 unspecified atom stereocenters. The van der Waals surface area contributed by atoms with Crippen LogP contribution >= 0.6 is 11.6 Å². The van der Waals surface area contributed by atoms with E-state index in [9.17, 15) is 14.4 Å². The number of amides is 2. The van der Waals surface area contributed by atoms with Gasteiger partial charge in [-0.3, -0.25) is 14.4 Å². The Morgan fingerprint density at radius 3 is 2.67 bits per heavy atom. The minimum atomic E-state index is -0.204. The SMILES string of the molecule is CC(=O)N1CC(Oc2ccc3c(c2Cl)C(=O)N(Cc2c(C)cc(C)[nH]c2=O)CC3)C1. The number of likely N-dealkylation sites (tertiary alicyclic amines) is 1. The molecule has 1 aromatic heterocycles. The van der Waals surface area contributed by atoms with Gasteiger partial charge in [0.25, 0.3) is 11.5 Å². The lowest BCUT2D eigenvalue weighted by molar-refractivity contribution is -0.137. The topological polar surface area (TPSA) is 82.7 Å². The molecule has 2 aromatic rings. The van der Waals surface area contributed by atoms with Gasteiger partial charge in [-0.1, -0.05) is 17.7 Å². The van der Waals surface area contributed by atoms with Gasteiger partial charge < -0.3 is 19.5 Å². The number of aromatic amines is 1. The van der Waals surface area contributed by atoms with Crippen LogP contribution in [-0.2, 0) is 17.8 Å². The number of aromatic nitrogens is 1. The minimum absolute atomic E-state index is 0.0126. The number of halogens is 1. The summed E-state index contributed by atoms with van der Waals surface area (Å²) in [5.74, 6) is 0.256. The molecule has 1 saturated heterocycles. The fourth-order valence-corrected chi connectivity index (χ4v) is 4.32. The highest BCUT2D eigenvalue weighted by Crippen LogP contribution is 2.35. The average molecular weight is 430 g/mol. The van der Waals surface area contributed by atoms with Gasteiger partial charge in [0.2, 0.25) is 5.91 Å². The Hall–Kier alpha value is -2.80. The van der Waals surface area contributed by atoms with Crippen LogP contribution in [0.4, 0.5) is 0 Å². The van der Waals surface area contributed by atoms with E-state index in [1.807, 2.05) is 26.0 Å². The lowest BCUT2D eigenvalue weighted by Crippen LogP contribution is -2.55. The lowest BCUT2D eigenvalue weighted by atomic mass is 9.97. The largest absolute Gasteiger partial charge is 0.485 e. The Balaban J connectivity index is 1.55. The predicted octanol–water partition coefficient (Wildman–Crippen LogP) is 2.45. The predicted molar refractivity (Wildman–Crippen MR) is 113 cm³/mol. The van der Waals surface area contributed by atoms with E-state index >= 15 is 0 Å². The van der Waals surface area contributed by atoms with E-state index in [0.29, 0.717) is 42.9 Å². The van der Waals surface area contributed by atoms with E-state index in [2.05, 4.69) is 4.98 Å². The third-order valence-electron chi connectivity index (χ3n) is 5.77. The molecule has 0 aliphatic carbocycles. The summed E-state index contributed by atoms with van der Waals surface area (Å²) in [6, 6.07) is 5.56. The summed E-state index contributed by atoms with van der Waals surface area (Å²) < 4.78 is 5.93. The summed E-state index contributed by atoms with van der Waals surface area (Å²) in [7, 11) is 0. The minimum Gasteiger partial charge on any atom is -0.485 e. The summed E-state index contributed by atoms with van der Waals surface area (Å²) in [5, 5.41) is 0.290. The van der Waals surface area contributed by atoms with Gasteiger partial charge in [-0.05, 0) is 43.5 Å². The van der Waals surface area contributed by atoms with Gasteiger partial charge in [-0.25, -0.2) is 0 Å². The number of hydrogen-bond donors (Lipinski definition) is 1. The van der Waals surface area contributed by atoms with E-state index in [0.717, 1.165) is 16.8 Å². The Morgan fingerprint density at radius 2 is 2.00 bits per heavy atom. The van der Waals surface area contributed by atoms with Crippen molar-refractivity contribution in [3.8, 4) is 5.75 Å². The number of pyridine rings is 1. The monoisotopic (exact) mass is 429 g/mol. The summed E-state index contributed by atoms with van der Waals surface area (Å²) in [6.07, 6.45) is 0.527. The molecule has 2 aliphatic heterocycles. The number of fused-ring (bicyclic) bond motifs is 1. The Morgan fingerprint density at radius 1 is 1.27 bits per heavy atom. The van der Waals surface area contributed by atoms with E-state index < -0.39 is 0 Å². The molecule has 1 fully saturated rings. The molecule has 1 aromatic carbocycles. The van der Waals surface area contributed by atoms with Gasteiger partial charge in [0, 0.05) is 24.7 Å². The number of ether oxygens (including phenoxy) is 1. The normalized spacial score (nSPS) is 16.3. The van der Waals surface area contributed by atoms with Crippen LogP contribution in [0.5, 0.6) is 5.75 Å². The molecule has 1 N–H and O–H groups in total. The third-order valence-corrected chi connectivity index (χ3v) is 6.15. The fourth-order valence-electron chi connectivity index (χ4n) is 4.01. The molecule has 0 spiro atoms. The highest BCUT2D eigenvalue weighted by atomic mass is 35.5. The molecule has 4 rings (SSSR count). The van der Waals surface area contributed by atoms with Crippen LogP contribution < -0.4 is 10.3 Å². The van der Waals surface area contributed by atoms with Crippen LogP contribution in [0.3, 0.4) is 0 Å². The van der Waals surface area contributed by atoms with Gasteiger partial charge >= 0.3 is 0 Å². The van der Waals surface area contributed by atoms with E-state index in [4.69, 9.17) is 16.3 Å². The van der Waals surface area contributed by atoms with Crippen molar-refractivity contribution in [2.75, 3.05) is 19.6 Å². The van der Waals surface area contributed by atoms with Crippen molar-refractivity contribution in [3.05, 3.63) is 61.5 Å². The molecule has 30 heavy (non-hydrogen) atoms. The number of nitrogens with zero attached hydrogens (tertiary/aromatic N) is 2. The highest BCUT2D eigenvalue weighted by molar-refractivity contribution is 6.35. The zero-order valence-corrected chi connectivity index (χ0v) is 18.0. The Labute approximate surface area is 179 Å². The number of H-pyrrole nitrogens is 1. The Bertz CT molecular complexity index is 1090. The zero-order chi connectivity index (χ0) is 21.6. The summed E-state index contributed by atoms with van der Waals surface area (Å²) in [5.41, 5.74) is 3.37. The summed E-state index contributed by atoms with van der Waals surface area (Å²) >= 11 is 6.58. The number of aryl methyl sites for hydroxylation is 2. The van der Waals surface area contributed by atoms with Crippen molar-refractivity contribution in [2.24, 2.45) is 0 Å². The molecule has 158 valence electrons. The van der Waals surface area contributed by atoms with Crippen LogP contribution in [0.15, 0.2) is 23.0 Å². The second kappa shape index (κ2) is 7.80. The van der Waals surface area contributed by atoms with Crippen LogP contribution in [0.2, 0.25) is 5.02 Å². The van der Waals surface area contributed by atoms with Crippen molar-refractivity contribution in [3.63, 3.8) is 0 Å². The number of hydrogen-bond acceptors (Lipinski definition) is 4. The summed E-state index contributed by atoms with van der Waals surface area (Å²) in [4.78, 5) is 43.1. The van der Waals surface area contributed by atoms with Gasteiger partial charge in [0.1, 0.15) is 11.9 Å². The van der Waals surface area contributed by atoms with Crippen molar-refractivity contribution in [2.45, 2.75) is 39.8 Å². The second-order valence-corrected chi connectivity index (χ2v) is 8.37. The van der Waals surface area contributed by atoms with E-state index in [1.165, 1.54) is 6.92 Å². The first-order chi connectivity index (χ1) is 14.2. The number of carbonyl (C=O) groups excluding carboxylic acids is 2. The number of carbonyl (C=O) groups is 2. The lowest BCUT2D eigenvalue weighted by Gasteiger charge is -2.38. The highest BCUT2D eigenvalue weighted by Gasteiger charge is 2.33. The smallest absolute Gasteiger partial charge is 0.256 e. The number of rotatable bonds is 4. The van der Waals surface area contributed by atoms with E-state index in [1.54, 1.807) is 15.9 Å². The molecular formula is C22H24ClN3O4. The first-order valence-corrected chi connectivity index (χ1v) is 10.3. The third kappa shape index (κ3) is 3.69. The van der Waals surface area contributed by atoms with Gasteiger partial charge in [-0.15, -0.1) is 0 Å². The molecule has 0 bridgehead atoms. The molecule has 7 nitrogen and oxygen atoms in total. The van der Waals surface area contributed by atoms with Crippen LogP contribution in [0.25, 0.3) is 0 Å². The van der Waals surface area contributed by atoms with E-state index in [-0.39, 0.29) is 35.0 Å². The first kappa shape index (κ1) is 20.5. The number of nitrogens with one attached hydrogen (secondary N) is 1. The molecule has 0 radical (unpaired) electrons. The maximum Gasteiger partial charge on any atom is 0.256 e. The second-order valence-electron chi connectivity index (χ2n) is 8.00. The Kier molecular flexibility index (Phi) is 5.32. The van der Waals surface area contributed by atoms with Crippen molar-refractivity contribution < 1.29 is 14.3 Å². The van der Waals surface area contributed by atoms with Crippen LogP contribution in [0, 0.1) is 13.8 Å². The quantitative estimate of drug-likeness (QED) is 0.809. The standard InChI is InChI=1S/C22H24ClN3O4/c1-12-8-13(2)24-21(28)17(12)11-25-7-6-15-4-5-18(20(23)19(15)22(25)29)30-16-9-26(10-16)14(3)27/h4-5,8,16H,6-7,9-11H2,1-3H3,(H,24,28). The van der Waals surface area contributed by atoms with Gasteiger partial charge in [0.15, 0.2) is 0 Å². The maximum atomic E-state index is 13.2. The molecule has 0 saturated carbocycles. The van der Waals surface area contributed by atoms with Crippen molar-refractivity contribution in [1.82, 2.24) is 14.8 Å². The maximum absolute atomic E-state index is 13.2. The van der Waals surface area contributed by atoms with Crippen molar-refractivity contribution >= 4 is 23.4 Å². The molecule has 0 atom stereocenters. The van der Waals surface area contributed by atoms with Crippen LogP contribution in [-0.4, -0.2) is 52.3 Å². The van der Waals surface area contributed by atoms with Gasteiger partial charge in [0.05, 0.1) is 30.2 Å².